The van der Waals surface area contributed by atoms with E-state index in [1.165, 1.54) is 0 Å². The van der Waals surface area contributed by atoms with Gasteiger partial charge in [0.25, 0.3) is 0 Å². The van der Waals surface area contributed by atoms with Gasteiger partial charge >= 0.3 is 0 Å². The number of hydrogen-bond acceptors (Lipinski definition) is 3. The third kappa shape index (κ3) is 2.85. The Labute approximate surface area is 163 Å². The second-order valence-corrected chi connectivity index (χ2v) is 8.45. The number of ether oxygens (including phenoxy) is 1. The molecule has 0 bridgehead atoms. The van der Waals surface area contributed by atoms with Crippen LogP contribution in [-0.2, 0) is 10.0 Å². The van der Waals surface area contributed by atoms with Crippen LogP contribution in [0, 0.1) is 0 Å². The highest BCUT2D eigenvalue weighted by atomic mass is 32.2. The fraction of sp³-hybridized carbons (Fsp3) is 0.0435. The Morgan fingerprint density at radius 2 is 1.25 bits per heavy atom. The summed E-state index contributed by atoms with van der Waals surface area (Å²) in [5.74, 6) is 1.32. The zero-order chi connectivity index (χ0) is 19.1. The van der Waals surface area contributed by atoms with Gasteiger partial charge in [0.15, 0.2) is 0 Å². The van der Waals surface area contributed by atoms with Gasteiger partial charge in [0.1, 0.15) is 11.5 Å². The van der Waals surface area contributed by atoms with E-state index in [4.69, 9.17) is 4.74 Å². The van der Waals surface area contributed by atoms with Crippen molar-refractivity contribution in [1.82, 2.24) is 4.72 Å². The molecule has 0 amide bonds. The molecule has 4 aromatic rings. The van der Waals surface area contributed by atoms with E-state index in [9.17, 15) is 8.42 Å². The maximum absolute atomic E-state index is 13.2. The van der Waals surface area contributed by atoms with Crippen LogP contribution in [0.2, 0.25) is 0 Å². The maximum Gasteiger partial charge on any atom is 0.241 e. The van der Waals surface area contributed by atoms with Crippen LogP contribution in [0.25, 0.3) is 10.8 Å². The van der Waals surface area contributed by atoms with Crippen molar-refractivity contribution in [3.63, 3.8) is 0 Å². The van der Waals surface area contributed by atoms with Gasteiger partial charge in [-0.3, -0.25) is 0 Å². The van der Waals surface area contributed by atoms with Crippen molar-refractivity contribution in [2.45, 2.75) is 10.9 Å². The first-order valence-electron chi connectivity index (χ1n) is 8.99. The molecule has 0 atom stereocenters. The SMILES string of the molecule is O=S(=O)(NC1c2ccccc2Oc2ccccc21)c1ccc2ccccc2c1. The Bertz CT molecular complexity index is 1250. The van der Waals surface area contributed by atoms with Crippen molar-refractivity contribution in [2.75, 3.05) is 0 Å². The zero-order valence-electron chi connectivity index (χ0n) is 14.9. The summed E-state index contributed by atoms with van der Waals surface area (Å²) in [6.07, 6.45) is 0. The van der Waals surface area contributed by atoms with Crippen molar-refractivity contribution in [2.24, 2.45) is 0 Å². The van der Waals surface area contributed by atoms with Gasteiger partial charge < -0.3 is 4.74 Å². The van der Waals surface area contributed by atoms with E-state index in [1.54, 1.807) is 12.1 Å². The lowest BCUT2D eigenvalue weighted by atomic mass is 9.95. The van der Waals surface area contributed by atoms with Crippen LogP contribution in [-0.4, -0.2) is 8.42 Å². The summed E-state index contributed by atoms with van der Waals surface area (Å²) >= 11 is 0. The normalized spacial score (nSPS) is 13.6. The Hall–Kier alpha value is -3.15. The van der Waals surface area contributed by atoms with Gasteiger partial charge in [-0.2, -0.15) is 4.72 Å². The predicted octanol–water partition coefficient (Wildman–Crippen LogP) is 5.01. The molecule has 0 spiro atoms. The molecule has 0 saturated heterocycles. The molecule has 5 rings (SSSR count). The first-order chi connectivity index (χ1) is 13.6. The fourth-order valence-electron chi connectivity index (χ4n) is 3.59. The summed E-state index contributed by atoms with van der Waals surface area (Å²) in [7, 11) is -3.74. The topological polar surface area (TPSA) is 55.4 Å². The maximum atomic E-state index is 13.2. The minimum absolute atomic E-state index is 0.243. The van der Waals surface area contributed by atoms with Crippen LogP contribution in [0.1, 0.15) is 17.2 Å². The summed E-state index contributed by atoms with van der Waals surface area (Å²) in [5.41, 5.74) is 1.59. The highest BCUT2D eigenvalue weighted by Crippen LogP contribution is 2.43. The van der Waals surface area contributed by atoms with Crippen LogP contribution >= 0.6 is 0 Å². The second kappa shape index (κ2) is 6.48. The van der Waals surface area contributed by atoms with Crippen molar-refractivity contribution >= 4 is 20.8 Å². The third-order valence-corrected chi connectivity index (χ3v) is 6.40. The molecule has 5 heteroatoms. The number of benzene rings is 4. The molecule has 4 aromatic carbocycles. The third-order valence-electron chi connectivity index (χ3n) is 4.98. The number of rotatable bonds is 3. The average Bonchev–Trinajstić information content (AvgIpc) is 2.73. The molecule has 0 aromatic heterocycles. The lowest BCUT2D eigenvalue weighted by molar-refractivity contribution is 0.440. The van der Waals surface area contributed by atoms with Gasteiger partial charge in [-0.1, -0.05) is 66.7 Å². The largest absolute Gasteiger partial charge is 0.457 e. The van der Waals surface area contributed by atoms with Gasteiger partial charge in [-0.25, -0.2) is 8.42 Å². The second-order valence-electron chi connectivity index (χ2n) is 6.74. The average molecular weight is 387 g/mol. The molecule has 138 valence electrons. The van der Waals surface area contributed by atoms with Gasteiger partial charge in [-0.15, -0.1) is 0 Å². The van der Waals surface area contributed by atoms with E-state index < -0.39 is 16.1 Å². The van der Waals surface area contributed by atoms with Crippen LogP contribution < -0.4 is 9.46 Å². The standard InChI is InChI=1S/C23H17NO3S/c25-28(26,18-14-13-16-7-1-2-8-17(16)15-18)24-23-19-9-3-5-11-21(19)27-22-12-6-4-10-20(22)23/h1-15,23-24H. The molecule has 1 heterocycles. The first kappa shape index (κ1) is 17.0. The molecule has 0 unspecified atom stereocenters. The monoisotopic (exact) mass is 387 g/mol. The number of fused-ring (bicyclic) bond motifs is 3. The number of nitrogens with one attached hydrogen (secondary N) is 1. The smallest absolute Gasteiger partial charge is 0.241 e. The Morgan fingerprint density at radius 3 is 1.93 bits per heavy atom. The van der Waals surface area contributed by atoms with E-state index in [-0.39, 0.29) is 4.90 Å². The summed E-state index contributed by atoms with van der Waals surface area (Å²) in [6.45, 7) is 0. The van der Waals surface area contributed by atoms with Gasteiger partial charge in [0, 0.05) is 11.1 Å². The Balaban J connectivity index is 1.60. The first-order valence-corrected chi connectivity index (χ1v) is 10.5. The van der Waals surface area contributed by atoms with Crippen molar-refractivity contribution in [3.05, 3.63) is 102 Å². The molecule has 0 saturated carbocycles. The molecule has 4 nitrogen and oxygen atoms in total. The molecular formula is C23H17NO3S. The quantitative estimate of drug-likeness (QED) is 0.537. The highest BCUT2D eigenvalue weighted by molar-refractivity contribution is 7.89. The lowest BCUT2D eigenvalue weighted by Gasteiger charge is -2.28. The number of para-hydroxylation sites is 2. The van der Waals surface area contributed by atoms with Gasteiger partial charge in [0.2, 0.25) is 10.0 Å². The molecule has 28 heavy (non-hydrogen) atoms. The molecule has 1 aliphatic rings. The van der Waals surface area contributed by atoms with Crippen LogP contribution in [0.15, 0.2) is 95.9 Å². The van der Waals surface area contributed by atoms with Crippen LogP contribution in [0.5, 0.6) is 11.5 Å². The van der Waals surface area contributed by atoms with E-state index in [1.807, 2.05) is 78.9 Å². The van der Waals surface area contributed by atoms with E-state index in [2.05, 4.69) is 4.72 Å². The van der Waals surface area contributed by atoms with Crippen molar-refractivity contribution in [3.8, 4) is 11.5 Å². The molecule has 1 N–H and O–H groups in total. The van der Waals surface area contributed by atoms with E-state index >= 15 is 0 Å². The minimum Gasteiger partial charge on any atom is -0.457 e. The van der Waals surface area contributed by atoms with Gasteiger partial charge in [-0.05, 0) is 35.0 Å². The van der Waals surface area contributed by atoms with E-state index in [0.29, 0.717) is 11.5 Å². The van der Waals surface area contributed by atoms with Gasteiger partial charge in [0.05, 0.1) is 10.9 Å². The van der Waals surface area contributed by atoms with Crippen molar-refractivity contribution < 1.29 is 13.2 Å². The zero-order valence-corrected chi connectivity index (χ0v) is 15.7. The summed E-state index contributed by atoms with van der Waals surface area (Å²) in [4.78, 5) is 0.243. The molecular weight excluding hydrogens is 370 g/mol. The summed E-state index contributed by atoms with van der Waals surface area (Å²) in [5, 5.41) is 1.89. The van der Waals surface area contributed by atoms with Crippen LogP contribution in [0.4, 0.5) is 0 Å². The number of hydrogen-bond donors (Lipinski definition) is 1. The summed E-state index contributed by atoms with van der Waals surface area (Å²) in [6, 6.07) is 27.4. The van der Waals surface area contributed by atoms with E-state index in [0.717, 1.165) is 21.9 Å². The Morgan fingerprint density at radius 1 is 0.679 bits per heavy atom. The van der Waals surface area contributed by atoms with Crippen molar-refractivity contribution in [1.29, 1.82) is 0 Å². The van der Waals surface area contributed by atoms with Crippen LogP contribution in [0.3, 0.4) is 0 Å². The predicted molar refractivity (Wildman–Crippen MR) is 109 cm³/mol. The number of sulfonamides is 1. The molecule has 0 fully saturated rings. The fourth-order valence-corrected chi connectivity index (χ4v) is 4.82. The minimum atomic E-state index is -3.74. The highest BCUT2D eigenvalue weighted by Gasteiger charge is 2.30. The summed E-state index contributed by atoms with van der Waals surface area (Å²) < 4.78 is 35.3. The Kier molecular flexibility index (Phi) is 3.93. The molecule has 0 aliphatic carbocycles. The molecule has 0 radical (unpaired) electrons. The lowest BCUT2D eigenvalue weighted by Crippen LogP contribution is -2.31. The molecule has 1 aliphatic heterocycles.